The van der Waals surface area contributed by atoms with Crippen LogP contribution in [0.5, 0.6) is 5.75 Å². The molecule has 0 aliphatic heterocycles. The van der Waals surface area contributed by atoms with Gasteiger partial charge in [-0.05, 0) is 37.2 Å². The molecule has 21 heavy (non-hydrogen) atoms. The third-order valence-corrected chi connectivity index (χ3v) is 8.27. The van der Waals surface area contributed by atoms with Crippen molar-refractivity contribution in [1.82, 2.24) is 0 Å². The summed E-state index contributed by atoms with van der Waals surface area (Å²) in [6.45, 7) is 12.8. The molecular formula is C15H24ClNO3Si. The average Bonchev–Trinajstić information content (AvgIpc) is 2.32. The molecule has 0 atom stereocenters. The van der Waals surface area contributed by atoms with Crippen molar-refractivity contribution >= 4 is 31.7 Å². The van der Waals surface area contributed by atoms with E-state index in [2.05, 4.69) is 39.2 Å². The Morgan fingerprint density at radius 3 is 2.48 bits per heavy atom. The molecule has 0 aromatic heterocycles. The van der Waals surface area contributed by atoms with E-state index in [9.17, 15) is 4.79 Å². The number of benzene rings is 1. The number of para-hydroxylation sites is 1. The van der Waals surface area contributed by atoms with Crippen LogP contribution in [0.1, 0.15) is 27.7 Å². The summed E-state index contributed by atoms with van der Waals surface area (Å²) in [6, 6.07) is 5.27. The predicted octanol–water partition coefficient (Wildman–Crippen LogP) is 5.29. The minimum Gasteiger partial charge on any atom is -0.541 e. The van der Waals surface area contributed by atoms with Gasteiger partial charge in [-0.1, -0.05) is 38.4 Å². The Balaban J connectivity index is 3.09. The zero-order valence-electron chi connectivity index (χ0n) is 13.5. The van der Waals surface area contributed by atoms with Crippen LogP contribution in [-0.2, 0) is 4.74 Å². The van der Waals surface area contributed by atoms with Gasteiger partial charge in [0.05, 0.1) is 17.3 Å². The Morgan fingerprint density at radius 1 is 1.33 bits per heavy atom. The number of halogens is 1. The summed E-state index contributed by atoms with van der Waals surface area (Å²) in [5.74, 6) is 0.513. The van der Waals surface area contributed by atoms with Gasteiger partial charge >= 0.3 is 6.09 Å². The van der Waals surface area contributed by atoms with Gasteiger partial charge in [-0.3, -0.25) is 5.32 Å². The van der Waals surface area contributed by atoms with Gasteiger partial charge in [0.1, 0.15) is 5.75 Å². The predicted molar refractivity (Wildman–Crippen MR) is 89.9 cm³/mol. The van der Waals surface area contributed by atoms with Crippen LogP contribution in [0.25, 0.3) is 0 Å². The monoisotopic (exact) mass is 329 g/mol. The molecule has 1 aromatic carbocycles. The number of amides is 1. The molecule has 6 heteroatoms. The number of carbonyl (C=O) groups excluding carboxylic acids is 1. The number of ether oxygens (including phenoxy) is 1. The van der Waals surface area contributed by atoms with Gasteiger partial charge in [-0.2, -0.15) is 0 Å². The van der Waals surface area contributed by atoms with Gasteiger partial charge in [0.2, 0.25) is 0 Å². The van der Waals surface area contributed by atoms with Gasteiger partial charge in [0, 0.05) is 0 Å². The van der Waals surface area contributed by atoms with Crippen molar-refractivity contribution in [2.75, 3.05) is 11.9 Å². The zero-order valence-corrected chi connectivity index (χ0v) is 15.3. The Hall–Kier alpha value is -1.20. The van der Waals surface area contributed by atoms with Crippen molar-refractivity contribution in [1.29, 1.82) is 0 Å². The molecule has 0 saturated carbocycles. The van der Waals surface area contributed by atoms with E-state index in [4.69, 9.17) is 20.8 Å². The number of hydrogen-bond acceptors (Lipinski definition) is 3. The molecule has 0 unspecified atom stereocenters. The fraction of sp³-hybridized carbons (Fsp3) is 0.533. The van der Waals surface area contributed by atoms with Crippen molar-refractivity contribution in [3.63, 3.8) is 0 Å². The number of hydrogen-bond donors (Lipinski definition) is 1. The first-order valence-corrected chi connectivity index (χ1v) is 10.3. The minimum atomic E-state index is -2.05. The maximum Gasteiger partial charge on any atom is 0.411 e. The minimum absolute atomic E-state index is 0.0351. The lowest BCUT2D eigenvalue weighted by Crippen LogP contribution is -2.44. The second-order valence-corrected chi connectivity index (χ2v) is 11.5. The molecule has 1 N–H and O–H groups in total. The molecule has 1 amide bonds. The molecule has 0 aliphatic carbocycles. The van der Waals surface area contributed by atoms with Crippen LogP contribution >= 0.6 is 11.6 Å². The quantitative estimate of drug-likeness (QED) is 0.763. The van der Waals surface area contributed by atoms with Crippen LogP contribution in [0.4, 0.5) is 10.5 Å². The van der Waals surface area contributed by atoms with Gasteiger partial charge < -0.3 is 9.16 Å². The Morgan fingerprint density at radius 2 is 1.95 bits per heavy atom. The standard InChI is InChI=1S/C15H24ClNO3Si/c1-7-19-14(18)17-12-10-8-9-11(16)13(12)20-21(5,6)15(2,3)4/h8-10H,7H2,1-6H3,(H,17,18). The molecule has 0 aliphatic rings. The van der Waals surface area contributed by atoms with E-state index in [1.807, 2.05) is 0 Å². The molecule has 0 spiro atoms. The topological polar surface area (TPSA) is 47.6 Å². The Bertz CT molecular complexity index is 512. The van der Waals surface area contributed by atoms with Crippen molar-refractivity contribution in [3.8, 4) is 5.75 Å². The lowest BCUT2D eigenvalue weighted by atomic mass is 10.2. The number of carbonyl (C=O) groups is 1. The van der Waals surface area contributed by atoms with E-state index in [-0.39, 0.29) is 5.04 Å². The highest BCUT2D eigenvalue weighted by atomic mass is 35.5. The molecule has 1 rings (SSSR count). The summed E-state index contributed by atoms with van der Waals surface area (Å²) in [5, 5.41) is 3.19. The lowest BCUT2D eigenvalue weighted by Gasteiger charge is -2.37. The summed E-state index contributed by atoms with van der Waals surface area (Å²) in [7, 11) is -2.05. The van der Waals surface area contributed by atoms with Crippen molar-refractivity contribution < 1.29 is 14.0 Å². The molecule has 0 radical (unpaired) electrons. The van der Waals surface area contributed by atoms with E-state index >= 15 is 0 Å². The van der Waals surface area contributed by atoms with E-state index in [1.54, 1.807) is 25.1 Å². The van der Waals surface area contributed by atoms with Crippen molar-refractivity contribution in [3.05, 3.63) is 23.2 Å². The van der Waals surface area contributed by atoms with Crippen LogP contribution in [0.15, 0.2) is 18.2 Å². The smallest absolute Gasteiger partial charge is 0.411 e. The SMILES string of the molecule is CCOC(=O)Nc1cccc(Cl)c1O[Si](C)(C)C(C)(C)C. The van der Waals surface area contributed by atoms with E-state index < -0.39 is 14.4 Å². The van der Waals surface area contributed by atoms with Crippen LogP contribution in [-0.4, -0.2) is 21.0 Å². The second-order valence-electron chi connectivity index (χ2n) is 6.32. The van der Waals surface area contributed by atoms with Gasteiger partial charge in [0.15, 0.2) is 0 Å². The third-order valence-electron chi connectivity index (χ3n) is 3.64. The van der Waals surface area contributed by atoms with Crippen LogP contribution in [0.3, 0.4) is 0 Å². The number of nitrogens with one attached hydrogen (secondary N) is 1. The van der Waals surface area contributed by atoms with Crippen molar-refractivity contribution in [2.24, 2.45) is 0 Å². The first-order chi connectivity index (χ1) is 9.58. The maximum absolute atomic E-state index is 11.6. The highest BCUT2D eigenvalue weighted by Crippen LogP contribution is 2.42. The summed E-state index contributed by atoms with van der Waals surface area (Å²) in [4.78, 5) is 11.6. The maximum atomic E-state index is 11.6. The molecule has 118 valence electrons. The highest BCUT2D eigenvalue weighted by molar-refractivity contribution is 6.74. The first kappa shape index (κ1) is 17.8. The first-order valence-electron chi connectivity index (χ1n) is 7.00. The molecular weight excluding hydrogens is 306 g/mol. The van der Waals surface area contributed by atoms with E-state index in [1.165, 1.54) is 0 Å². The van der Waals surface area contributed by atoms with Gasteiger partial charge in [-0.25, -0.2) is 4.79 Å². The summed E-state index contributed by atoms with van der Waals surface area (Å²) >= 11 is 6.25. The molecule has 0 fully saturated rings. The zero-order chi connectivity index (χ0) is 16.3. The fourth-order valence-corrected chi connectivity index (χ4v) is 2.71. The van der Waals surface area contributed by atoms with E-state index in [0.717, 1.165) is 0 Å². The van der Waals surface area contributed by atoms with Crippen LogP contribution in [0.2, 0.25) is 23.2 Å². The molecule has 0 bridgehead atoms. The summed E-state index contributed by atoms with van der Waals surface area (Å²) < 4.78 is 11.1. The van der Waals surface area contributed by atoms with E-state index in [0.29, 0.717) is 23.1 Å². The lowest BCUT2D eigenvalue weighted by molar-refractivity contribution is 0.168. The molecule has 1 aromatic rings. The molecule has 4 nitrogen and oxygen atoms in total. The summed E-state index contributed by atoms with van der Waals surface area (Å²) in [5.41, 5.74) is 0.533. The number of rotatable bonds is 4. The largest absolute Gasteiger partial charge is 0.541 e. The highest BCUT2D eigenvalue weighted by Gasteiger charge is 2.39. The average molecular weight is 330 g/mol. The molecule has 0 saturated heterocycles. The Kier molecular flexibility index (Phi) is 5.70. The fourth-order valence-electron chi connectivity index (χ4n) is 1.40. The molecule has 0 heterocycles. The summed E-state index contributed by atoms with van der Waals surface area (Å²) in [6.07, 6.45) is -0.514. The third kappa shape index (κ3) is 4.64. The van der Waals surface area contributed by atoms with Crippen LogP contribution < -0.4 is 9.74 Å². The Labute approximate surface area is 132 Å². The number of anilines is 1. The van der Waals surface area contributed by atoms with Crippen molar-refractivity contribution in [2.45, 2.75) is 45.8 Å². The van der Waals surface area contributed by atoms with Crippen LogP contribution in [0, 0.1) is 0 Å². The van der Waals surface area contributed by atoms with Gasteiger partial charge in [0.25, 0.3) is 8.32 Å². The van der Waals surface area contributed by atoms with Gasteiger partial charge in [-0.15, -0.1) is 0 Å². The normalized spacial score (nSPS) is 12.0. The second kappa shape index (κ2) is 6.71.